The fourth-order valence-electron chi connectivity index (χ4n) is 4.66. The van der Waals surface area contributed by atoms with Crippen LogP contribution in [0.5, 0.6) is 0 Å². The number of hydrogen-bond acceptors (Lipinski definition) is 5. The van der Waals surface area contributed by atoms with Gasteiger partial charge < -0.3 is 4.74 Å². The molecule has 5 rings (SSSR count). The molecular formula is C29H23NO5. The summed E-state index contributed by atoms with van der Waals surface area (Å²) in [5.74, 6) is -2.30. The monoisotopic (exact) mass is 465 g/mol. The van der Waals surface area contributed by atoms with E-state index in [-0.39, 0.29) is 35.0 Å². The van der Waals surface area contributed by atoms with E-state index in [1.54, 1.807) is 72.8 Å². The molecule has 0 bridgehead atoms. The molecule has 1 aliphatic carbocycles. The first kappa shape index (κ1) is 22.5. The Bertz CT molecular complexity index is 1290. The number of nitrogens with zero attached hydrogens (tertiary/aromatic N) is 1. The summed E-state index contributed by atoms with van der Waals surface area (Å²) < 4.78 is 5.72. The van der Waals surface area contributed by atoms with Gasteiger partial charge in [-0.15, -0.1) is 0 Å². The maximum Gasteiger partial charge on any atom is 0.339 e. The molecule has 3 aromatic carbocycles. The van der Waals surface area contributed by atoms with Crippen molar-refractivity contribution in [1.29, 1.82) is 0 Å². The third kappa shape index (κ3) is 4.30. The number of benzene rings is 3. The number of Topliss-reactive ketones (excluding diaryl/α,β-unsaturated/α-hetero) is 1. The van der Waals surface area contributed by atoms with Crippen molar-refractivity contribution in [1.82, 2.24) is 0 Å². The maximum atomic E-state index is 13.2. The molecule has 1 heterocycles. The highest BCUT2D eigenvalue weighted by Crippen LogP contribution is 2.38. The minimum Gasteiger partial charge on any atom is -0.445 e. The molecule has 0 N–H and O–H groups in total. The highest BCUT2D eigenvalue weighted by molar-refractivity contribution is 6.22. The van der Waals surface area contributed by atoms with Crippen LogP contribution in [0.25, 0.3) is 0 Å². The quantitative estimate of drug-likeness (QED) is 0.223. The van der Waals surface area contributed by atoms with Gasteiger partial charge >= 0.3 is 5.97 Å². The predicted octanol–water partition coefficient (Wildman–Crippen LogP) is 4.92. The Morgan fingerprint density at radius 2 is 1.31 bits per heavy atom. The van der Waals surface area contributed by atoms with E-state index in [0.717, 1.165) is 0 Å². The Morgan fingerprint density at radius 1 is 0.743 bits per heavy atom. The number of fused-ring (bicyclic) bond motifs is 1. The third-order valence-corrected chi connectivity index (χ3v) is 6.47. The summed E-state index contributed by atoms with van der Waals surface area (Å²) in [5.41, 5.74) is 1.45. The Labute approximate surface area is 202 Å². The first-order chi connectivity index (χ1) is 17.0. The number of imide groups is 1. The summed E-state index contributed by atoms with van der Waals surface area (Å²) >= 11 is 0. The summed E-state index contributed by atoms with van der Waals surface area (Å²) in [5, 5.41) is 0. The second kappa shape index (κ2) is 9.50. The lowest BCUT2D eigenvalue weighted by atomic mass is 9.85. The number of rotatable bonds is 6. The zero-order chi connectivity index (χ0) is 24.4. The molecule has 6 heteroatoms. The molecule has 0 unspecified atom stereocenters. The van der Waals surface area contributed by atoms with Crippen LogP contribution in [0.1, 0.15) is 45.2 Å². The van der Waals surface area contributed by atoms with E-state index >= 15 is 0 Å². The summed E-state index contributed by atoms with van der Waals surface area (Å²) in [6, 6.07) is 23.7. The average molecular weight is 466 g/mol. The van der Waals surface area contributed by atoms with Crippen molar-refractivity contribution in [3.8, 4) is 0 Å². The first-order valence-corrected chi connectivity index (χ1v) is 11.5. The van der Waals surface area contributed by atoms with Crippen LogP contribution in [0.2, 0.25) is 0 Å². The zero-order valence-electron chi connectivity index (χ0n) is 18.9. The number of ketones is 1. The molecule has 35 heavy (non-hydrogen) atoms. The van der Waals surface area contributed by atoms with Gasteiger partial charge in [0.05, 0.1) is 23.1 Å². The lowest BCUT2D eigenvalue weighted by Crippen LogP contribution is -2.31. The van der Waals surface area contributed by atoms with Gasteiger partial charge in [0.25, 0.3) is 0 Å². The number of allylic oxidation sites excluding steroid dienone is 2. The molecule has 3 aromatic rings. The minimum atomic E-state index is -1.14. The van der Waals surface area contributed by atoms with Gasteiger partial charge in [-0.05, 0) is 31.0 Å². The molecule has 0 spiro atoms. The molecule has 0 aromatic heterocycles. The third-order valence-electron chi connectivity index (χ3n) is 6.47. The Kier molecular flexibility index (Phi) is 6.10. The minimum absolute atomic E-state index is 0.151. The first-order valence-electron chi connectivity index (χ1n) is 11.5. The second-order valence-electron chi connectivity index (χ2n) is 8.64. The van der Waals surface area contributed by atoms with E-state index in [4.69, 9.17) is 4.74 Å². The van der Waals surface area contributed by atoms with Crippen molar-refractivity contribution in [2.24, 2.45) is 11.8 Å². The Hall–Kier alpha value is -4.32. The second-order valence-corrected chi connectivity index (χ2v) is 8.64. The molecule has 1 fully saturated rings. The van der Waals surface area contributed by atoms with Crippen molar-refractivity contribution in [2.45, 2.75) is 18.9 Å². The van der Waals surface area contributed by atoms with Gasteiger partial charge in [0.15, 0.2) is 6.10 Å². The van der Waals surface area contributed by atoms with E-state index in [1.807, 2.05) is 18.2 Å². The number of hydrogen-bond donors (Lipinski definition) is 0. The van der Waals surface area contributed by atoms with Gasteiger partial charge in [0.2, 0.25) is 17.6 Å². The fourth-order valence-corrected chi connectivity index (χ4v) is 4.66. The van der Waals surface area contributed by atoms with Crippen molar-refractivity contribution in [3.63, 3.8) is 0 Å². The lowest BCUT2D eigenvalue weighted by molar-refractivity contribution is -0.122. The van der Waals surface area contributed by atoms with Crippen LogP contribution in [0, 0.1) is 11.8 Å². The van der Waals surface area contributed by atoms with Crippen LogP contribution >= 0.6 is 0 Å². The number of esters is 1. The molecule has 6 nitrogen and oxygen atoms in total. The molecule has 0 saturated carbocycles. The fraction of sp³-hybridized carbons (Fsp3) is 0.172. The highest BCUT2D eigenvalue weighted by atomic mass is 16.5. The van der Waals surface area contributed by atoms with Crippen molar-refractivity contribution in [2.75, 3.05) is 4.90 Å². The molecule has 1 saturated heterocycles. The molecule has 2 aliphatic rings. The van der Waals surface area contributed by atoms with Gasteiger partial charge in [-0.1, -0.05) is 78.9 Å². The number of anilines is 1. The summed E-state index contributed by atoms with van der Waals surface area (Å²) in [7, 11) is 0. The smallest absolute Gasteiger partial charge is 0.339 e. The van der Waals surface area contributed by atoms with E-state index < -0.39 is 12.1 Å². The number of carbonyl (C=O) groups is 4. The average Bonchev–Trinajstić information content (AvgIpc) is 3.17. The van der Waals surface area contributed by atoms with Crippen LogP contribution in [0.4, 0.5) is 5.69 Å². The van der Waals surface area contributed by atoms with Gasteiger partial charge in [0.1, 0.15) is 0 Å². The Balaban J connectivity index is 1.42. The SMILES string of the molecule is O=C(O[C@H](C(=O)c1ccccc1)c1ccccc1)c1cccc(N2C(=O)[C@H]3CC=CC[C@@H]3C2=O)c1. The van der Waals surface area contributed by atoms with E-state index in [1.165, 1.54) is 11.0 Å². The normalized spacial score (nSPS) is 19.8. The molecule has 1 aliphatic heterocycles. The number of amides is 2. The molecule has 0 radical (unpaired) electrons. The summed E-state index contributed by atoms with van der Waals surface area (Å²) in [6.07, 6.45) is 3.79. The maximum absolute atomic E-state index is 13.2. The lowest BCUT2D eigenvalue weighted by Gasteiger charge is -2.19. The Morgan fingerprint density at radius 3 is 1.94 bits per heavy atom. The van der Waals surface area contributed by atoms with Gasteiger partial charge in [0, 0.05) is 11.1 Å². The number of carbonyl (C=O) groups excluding carboxylic acids is 4. The molecule has 2 amide bonds. The summed E-state index contributed by atoms with van der Waals surface area (Å²) in [4.78, 5) is 53.5. The largest absolute Gasteiger partial charge is 0.445 e. The van der Waals surface area contributed by atoms with Crippen LogP contribution in [-0.2, 0) is 14.3 Å². The molecule has 174 valence electrons. The van der Waals surface area contributed by atoms with E-state index in [9.17, 15) is 19.2 Å². The zero-order valence-corrected chi connectivity index (χ0v) is 18.9. The highest BCUT2D eigenvalue weighted by Gasteiger charge is 2.47. The summed E-state index contributed by atoms with van der Waals surface area (Å²) in [6.45, 7) is 0. The van der Waals surface area contributed by atoms with Crippen molar-refractivity contribution in [3.05, 3.63) is 114 Å². The van der Waals surface area contributed by atoms with Crippen LogP contribution in [-0.4, -0.2) is 23.6 Å². The van der Waals surface area contributed by atoms with Crippen LogP contribution in [0.15, 0.2) is 97.1 Å². The van der Waals surface area contributed by atoms with Gasteiger partial charge in [-0.25, -0.2) is 4.79 Å². The number of ether oxygens (including phenoxy) is 1. The van der Waals surface area contributed by atoms with E-state index in [2.05, 4.69) is 0 Å². The molecule has 3 atom stereocenters. The van der Waals surface area contributed by atoms with E-state index in [0.29, 0.717) is 29.7 Å². The van der Waals surface area contributed by atoms with Gasteiger partial charge in [-0.2, -0.15) is 0 Å². The topological polar surface area (TPSA) is 80.8 Å². The van der Waals surface area contributed by atoms with Crippen LogP contribution < -0.4 is 4.90 Å². The molecular weight excluding hydrogens is 442 g/mol. The van der Waals surface area contributed by atoms with Crippen molar-refractivity contribution >= 4 is 29.3 Å². The van der Waals surface area contributed by atoms with Crippen LogP contribution in [0.3, 0.4) is 0 Å². The standard InChI is InChI=1S/C29H23NO5/c31-25(19-10-3-1-4-11-19)26(20-12-5-2-6-13-20)35-29(34)21-14-9-15-22(18-21)30-27(32)23-16-7-8-17-24(23)28(30)33/h1-15,18,23-24,26H,16-17H2/t23-,24-,26-/m0/s1. The van der Waals surface area contributed by atoms with Crippen molar-refractivity contribution < 1.29 is 23.9 Å². The van der Waals surface area contributed by atoms with Gasteiger partial charge in [-0.3, -0.25) is 19.3 Å². The predicted molar refractivity (Wildman–Crippen MR) is 130 cm³/mol.